The van der Waals surface area contributed by atoms with Crippen molar-refractivity contribution in [2.45, 2.75) is 32.9 Å². The zero-order chi connectivity index (χ0) is 14.1. The standard InChI is InChI=1S/C16H19N3O/c1-11-3-4-13-8-12(2)16(14(13)7-11)18-15(20)9-19-6-5-17-10-19/h3-7,10,12,16H,8-9H2,1-2H3,(H,18,20)/t12-,16+/m0/s1. The van der Waals surface area contributed by atoms with Gasteiger partial charge in [-0.1, -0.05) is 30.7 Å². The quantitative estimate of drug-likeness (QED) is 0.929. The number of benzene rings is 1. The minimum atomic E-state index is 0.0363. The number of carbonyl (C=O) groups excluding carboxylic acids is 1. The molecular formula is C16H19N3O. The molecule has 0 spiro atoms. The number of aromatic nitrogens is 2. The van der Waals surface area contributed by atoms with E-state index < -0.39 is 0 Å². The first-order valence-electron chi connectivity index (χ1n) is 6.98. The predicted octanol–water partition coefficient (Wildman–Crippen LogP) is 2.24. The van der Waals surface area contributed by atoms with Gasteiger partial charge >= 0.3 is 0 Å². The Morgan fingerprint density at radius 2 is 2.35 bits per heavy atom. The minimum Gasteiger partial charge on any atom is -0.347 e. The highest BCUT2D eigenvalue weighted by atomic mass is 16.2. The molecule has 1 aliphatic carbocycles. The molecule has 20 heavy (non-hydrogen) atoms. The lowest BCUT2D eigenvalue weighted by Crippen LogP contribution is -2.33. The van der Waals surface area contributed by atoms with Crippen LogP contribution in [0.1, 0.15) is 29.7 Å². The summed E-state index contributed by atoms with van der Waals surface area (Å²) >= 11 is 0. The zero-order valence-corrected chi connectivity index (χ0v) is 11.8. The molecule has 1 heterocycles. The van der Waals surface area contributed by atoms with Gasteiger partial charge in [-0.2, -0.15) is 0 Å². The van der Waals surface area contributed by atoms with Crippen molar-refractivity contribution in [1.29, 1.82) is 0 Å². The average Bonchev–Trinajstić information content (AvgIpc) is 3.00. The molecule has 2 aromatic rings. The summed E-state index contributed by atoms with van der Waals surface area (Å²) in [4.78, 5) is 16.1. The third kappa shape index (κ3) is 2.46. The Kier molecular flexibility index (Phi) is 3.30. The van der Waals surface area contributed by atoms with Gasteiger partial charge in [0.2, 0.25) is 5.91 Å². The van der Waals surface area contributed by atoms with E-state index in [0.29, 0.717) is 12.5 Å². The second kappa shape index (κ2) is 5.12. The van der Waals surface area contributed by atoms with Gasteiger partial charge in [-0.3, -0.25) is 4.79 Å². The fraction of sp³-hybridized carbons (Fsp3) is 0.375. The third-order valence-electron chi connectivity index (χ3n) is 3.95. The first-order chi connectivity index (χ1) is 9.63. The van der Waals surface area contributed by atoms with Gasteiger partial charge in [-0.05, 0) is 30.4 Å². The van der Waals surface area contributed by atoms with Crippen LogP contribution in [0.3, 0.4) is 0 Å². The maximum Gasteiger partial charge on any atom is 0.240 e. The Labute approximate surface area is 118 Å². The van der Waals surface area contributed by atoms with Crippen LogP contribution in [0.25, 0.3) is 0 Å². The first-order valence-corrected chi connectivity index (χ1v) is 6.98. The Bertz CT molecular complexity index is 619. The molecule has 0 bridgehead atoms. The SMILES string of the molecule is Cc1ccc2c(c1)[C@H](NC(=O)Cn1ccnc1)[C@@H](C)C2. The topological polar surface area (TPSA) is 46.9 Å². The van der Waals surface area contributed by atoms with Crippen LogP contribution in [0.4, 0.5) is 0 Å². The number of carbonyl (C=O) groups is 1. The van der Waals surface area contributed by atoms with Crippen molar-refractivity contribution in [1.82, 2.24) is 14.9 Å². The molecule has 1 N–H and O–H groups in total. The predicted molar refractivity (Wildman–Crippen MR) is 77.2 cm³/mol. The van der Waals surface area contributed by atoms with Crippen molar-refractivity contribution in [2.24, 2.45) is 5.92 Å². The average molecular weight is 269 g/mol. The molecule has 3 rings (SSSR count). The van der Waals surface area contributed by atoms with Gasteiger partial charge < -0.3 is 9.88 Å². The number of aryl methyl sites for hydroxylation is 1. The number of nitrogens with one attached hydrogen (secondary N) is 1. The summed E-state index contributed by atoms with van der Waals surface area (Å²) < 4.78 is 1.78. The van der Waals surface area contributed by atoms with Gasteiger partial charge in [0.1, 0.15) is 6.54 Å². The summed E-state index contributed by atoms with van der Waals surface area (Å²) in [5.41, 5.74) is 3.87. The summed E-state index contributed by atoms with van der Waals surface area (Å²) in [6, 6.07) is 6.65. The molecule has 4 heteroatoms. The fourth-order valence-electron chi connectivity index (χ4n) is 2.95. The molecule has 1 aliphatic rings. The molecule has 0 fully saturated rings. The van der Waals surface area contributed by atoms with Gasteiger partial charge in [-0.25, -0.2) is 4.98 Å². The second-order valence-electron chi connectivity index (χ2n) is 5.66. The lowest BCUT2D eigenvalue weighted by atomic mass is 10.0. The highest BCUT2D eigenvalue weighted by Crippen LogP contribution is 2.36. The van der Waals surface area contributed by atoms with E-state index in [1.807, 2.05) is 0 Å². The van der Waals surface area contributed by atoms with Crippen LogP contribution in [0.15, 0.2) is 36.9 Å². The smallest absolute Gasteiger partial charge is 0.240 e. The van der Waals surface area contributed by atoms with Crippen molar-refractivity contribution in [3.63, 3.8) is 0 Å². The summed E-state index contributed by atoms with van der Waals surface area (Å²) in [5, 5.41) is 3.16. The van der Waals surface area contributed by atoms with Gasteiger partial charge in [0.05, 0.1) is 12.4 Å². The summed E-state index contributed by atoms with van der Waals surface area (Å²) in [6.45, 7) is 4.61. The molecule has 0 saturated heterocycles. The van der Waals surface area contributed by atoms with Crippen molar-refractivity contribution in [3.8, 4) is 0 Å². The largest absolute Gasteiger partial charge is 0.347 e. The van der Waals surface area contributed by atoms with Crippen molar-refractivity contribution in [3.05, 3.63) is 53.6 Å². The maximum atomic E-state index is 12.1. The first kappa shape index (κ1) is 12.9. The number of nitrogens with zero attached hydrogens (tertiary/aromatic N) is 2. The molecule has 0 aliphatic heterocycles. The van der Waals surface area contributed by atoms with Crippen LogP contribution in [0.5, 0.6) is 0 Å². The Morgan fingerprint density at radius 3 is 3.10 bits per heavy atom. The number of imidazole rings is 1. The zero-order valence-electron chi connectivity index (χ0n) is 11.8. The van der Waals surface area contributed by atoms with E-state index in [1.165, 1.54) is 16.7 Å². The highest BCUT2D eigenvalue weighted by molar-refractivity contribution is 5.76. The van der Waals surface area contributed by atoms with Crippen LogP contribution in [-0.2, 0) is 17.8 Å². The van der Waals surface area contributed by atoms with E-state index in [0.717, 1.165) is 6.42 Å². The Hall–Kier alpha value is -2.10. The van der Waals surface area contributed by atoms with E-state index >= 15 is 0 Å². The highest BCUT2D eigenvalue weighted by Gasteiger charge is 2.30. The van der Waals surface area contributed by atoms with Crippen LogP contribution < -0.4 is 5.32 Å². The second-order valence-corrected chi connectivity index (χ2v) is 5.66. The molecular weight excluding hydrogens is 250 g/mol. The van der Waals surface area contributed by atoms with Crippen molar-refractivity contribution in [2.75, 3.05) is 0 Å². The summed E-state index contributed by atoms with van der Waals surface area (Å²) in [5.74, 6) is 0.479. The van der Waals surface area contributed by atoms with Crippen molar-refractivity contribution >= 4 is 5.91 Å². The van der Waals surface area contributed by atoms with Crippen LogP contribution >= 0.6 is 0 Å². The van der Waals surface area contributed by atoms with Crippen LogP contribution in [-0.4, -0.2) is 15.5 Å². The molecule has 0 radical (unpaired) electrons. The van der Waals surface area contributed by atoms with Gasteiger partial charge in [0.15, 0.2) is 0 Å². The molecule has 2 atom stereocenters. The monoisotopic (exact) mass is 269 g/mol. The molecule has 1 amide bonds. The van der Waals surface area contributed by atoms with Crippen LogP contribution in [0.2, 0.25) is 0 Å². The Morgan fingerprint density at radius 1 is 1.50 bits per heavy atom. The molecule has 0 saturated carbocycles. The minimum absolute atomic E-state index is 0.0363. The normalized spacial score (nSPS) is 20.7. The molecule has 0 unspecified atom stereocenters. The lowest BCUT2D eigenvalue weighted by Gasteiger charge is -2.19. The van der Waals surface area contributed by atoms with E-state index in [4.69, 9.17) is 0 Å². The third-order valence-corrected chi connectivity index (χ3v) is 3.95. The number of rotatable bonds is 3. The summed E-state index contributed by atoms with van der Waals surface area (Å²) in [7, 11) is 0. The number of fused-ring (bicyclic) bond motifs is 1. The van der Waals surface area contributed by atoms with E-state index in [1.54, 1.807) is 23.3 Å². The van der Waals surface area contributed by atoms with E-state index in [9.17, 15) is 4.79 Å². The number of hydrogen-bond donors (Lipinski definition) is 1. The van der Waals surface area contributed by atoms with Gasteiger partial charge in [0, 0.05) is 12.4 Å². The van der Waals surface area contributed by atoms with Gasteiger partial charge in [0.25, 0.3) is 0 Å². The van der Waals surface area contributed by atoms with Crippen molar-refractivity contribution < 1.29 is 4.79 Å². The molecule has 1 aromatic heterocycles. The number of hydrogen-bond acceptors (Lipinski definition) is 2. The Balaban J connectivity index is 1.74. The maximum absolute atomic E-state index is 12.1. The number of amides is 1. The lowest BCUT2D eigenvalue weighted by molar-refractivity contribution is -0.122. The van der Waals surface area contributed by atoms with Gasteiger partial charge in [-0.15, -0.1) is 0 Å². The van der Waals surface area contributed by atoms with E-state index in [-0.39, 0.29) is 11.9 Å². The summed E-state index contributed by atoms with van der Waals surface area (Å²) in [6.07, 6.45) is 6.18. The van der Waals surface area contributed by atoms with E-state index in [2.05, 4.69) is 42.3 Å². The fourth-order valence-corrected chi connectivity index (χ4v) is 2.95. The molecule has 4 nitrogen and oxygen atoms in total. The molecule has 1 aromatic carbocycles. The van der Waals surface area contributed by atoms with Crippen LogP contribution in [0, 0.1) is 12.8 Å². The molecule has 104 valence electrons.